The summed E-state index contributed by atoms with van der Waals surface area (Å²) in [5, 5.41) is 7.77. The number of nitrogens with one attached hydrogen (secondary N) is 1. The van der Waals surface area contributed by atoms with E-state index < -0.39 is 0 Å². The molecule has 0 spiro atoms. The van der Waals surface area contributed by atoms with Gasteiger partial charge in [-0.05, 0) is 38.6 Å². The van der Waals surface area contributed by atoms with Crippen molar-refractivity contribution in [2.45, 2.75) is 25.9 Å². The standard InChI is InChI=1S/C14H18BrN3/c1-10(2)18-13(8-9-17-18)14(16-3)11-6-4-5-7-12(11)15/h4-10,14,16H,1-3H3. The van der Waals surface area contributed by atoms with E-state index in [0.717, 1.165) is 4.47 Å². The molecular formula is C14H18BrN3. The molecule has 0 aliphatic carbocycles. The van der Waals surface area contributed by atoms with Crippen LogP contribution >= 0.6 is 15.9 Å². The lowest BCUT2D eigenvalue weighted by Crippen LogP contribution is -2.22. The lowest BCUT2D eigenvalue weighted by molar-refractivity contribution is 0.483. The van der Waals surface area contributed by atoms with Crippen molar-refractivity contribution in [1.29, 1.82) is 0 Å². The SMILES string of the molecule is CNC(c1ccccc1Br)c1ccnn1C(C)C. The predicted molar refractivity (Wildman–Crippen MR) is 77.7 cm³/mol. The molecule has 2 aromatic rings. The van der Waals surface area contributed by atoms with Gasteiger partial charge in [0.1, 0.15) is 0 Å². The van der Waals surface area contributed by atoms with Gasteiger partial charge in [0.05, 0.1) is 11.7 Å². The molecule has 0 amide bonds. The van der Waals surface area contributed by atoms with Gasteiger partial charge in [-0.3, -0.25) is 4.68 Å². The number of hydrogen-bond acceptors (Lipinski definition) is 2. The molecule has 1 aromatic carbocycles. The fraction of sp³-hybridized carbons (Fsp3) is 0.357. The molecular weight excluding hydrogens is 290 g/mol. The maximum atomic E-state index is 4.40. The topological polar surface area (TPSA) is 29.9 Å². The summed E-state index contributed by atoms with van der Waals surface area (Å²) >= 11 is 3.62. The highest BCUT2D eigenvalue weighted by Crippen LogP contribution is 2.29. The van der Waals surface area contributed by atoms with Crippen molar-refractivity contribution in [1.82, 2.24) is 15.1 Å². The maximum Gasteiger partial charge on any atom is 0.0756 e. The largest absolute Gasteiger partial charge is 0.308 e. The number of rotatable bonds is 4. The van der Waals surface area contributed by atoms with Crippen LogP contribution in [0.5, 0.6) is 0 Å². The van der Waals surface area contributed by atoms with E-state index >= 15 is 0 Å². The number of nitrogens with zero attached hydrogens (tertiary/aromatic N) is 2. The molecule has 0 radical (unpaired) electrons. The van der Waals surface area contributed by atoms with Crippen LogP contribution in [0, 0.1) is 0 Å². The highest BCUT2D eigenvalue weighted by Gasteiger charge is 2.19. The Morgan fingerprint density at radius 3 is 2.56 bits per heavy atom. The van der Waals surface area contributed by atoms with Crippen LogP contribution in [0.3, 0.4) is 0 Å². The monoisotopic (exact) mass is 307 g/mol. The van der Waals surface area contributed by atoms with Gasteiger partial charge in [0.2, 0.25) is 0 Å². The number of benzene rings is 1. The van der Waals surface area contributed by atoms with E-state index in [9.17, 15) is 0 Å². The van der Waals surface area contributed by atoms with E-state index in [0.29, 0.717) is 6.04 Å². The summed E-state index contributed by atoms with van der Waals surface area (Å²) in [4.78, 5) is 0. The zero-order chi connectivity index (χ0) is 13.1. The molecule has 0 saturated heterocycles. The fourth-order valence-electron chi connectivity index (χ4n) is 2.16. The van der Waals surface area contributed by atoms with Crippen LogP contribution in [-0.2, 0) is 0 Å². The Morgan fingerprint density at radius 1 is 1.22 bits per heavy atom. The van der Waals surface area contributed by atoms with Crippen molar-refractivity contribution in [2.75, 3.05) is 7.05 Å². The van der Waals surface area contributed by atoms with Gasteiger partial charge in [0, 0.05) is 16.7 Å². The molecule has 2 rings (SSSR count). The Morgan fingerprint density at radius 2 is 1.94 bits per heavy atom. The molecule has 1 N–H and O–H groups in total. The summed E-state index contributed by atoms with van der Waals surface area (Å²) in [7, 11) is 1.97. The summed E-state index contributed by atoms with van der Waals surface area (Å²) < 4.78 is 3.17. The number of aromatic nitrogens is 2. The van der Waals surface area contributed by atoms with E-state index in [2.05, 4.69) is 69.1 Å². The van der Waals surface area contributed by atoms with Gasteiger partial charge in [0.25, 0.3) is 0 Å². The Hall–Kier alpha value is -1.13. The third kappa shape index (κ3) is 2.49. The summed E-state index contributed by atoms with van der Waals surface area (Å²) in [5.74, 6) is 0. The minimum Gasteiger partial charge on any atom is -0.308 e. The first-order valence-electron chi connectivity index (χ1n) is 6.10. The molecule has 4 heteroatoms. The highest BCUT2D eigenvalue weighted by atomic mass is 79.9. The van der Waals surface area contributed by atoms with Crippen LogP contribution in [-0.4, -0.2) is 16.8 Å². The third-order valence-corrected chi connectivity index (χ3v) is 3.71. The zero-order valence-electron chi connectivity index (χ0n) is 10.9. The molecule has 0 aliphatic rings. The normalized spacial score (nSPS) is 12.9. The second-order valence-corrected chi connectivity index (χ2v) is 5.39. The third-order valence-electron chi connectivity index (χ3n) is 2.99. The van der Waals surface area contributed by atoms with Crippen LogP contribution in [0.15, 0.2) is 41.0 Å². The Kier molecular flexibility index (Phi) is 4.19. The van der Waals surface area contributed by atoms with Gasteiger partial charge in [-0.1, -0.05) is 34.1 Å². The molecule has 0 fully saturated rings. The van der Waals surface area contributed by atoms with E-state index in [1.165, 1.54) is 11.3 Å². The first kappa shape index (κ1) is 13.3. The summed E-state index contributed by atoms with van der Waals surface area (Å²) in [6.07, 6.45) is 1.86. The van der Waals surface area contributed by atoms with Gasteiger partial charge in [-0.25, -0.2) is 0 Å². The van der Waals surface area contributed by atoms with Crippen molar-refractivity contribution < 1.29 is 0 Å². The lowest BCUT2D eigenvalue weighted by atomic mass is 10.0. The van der Waals surface area contributed by atoms with Crippen LogP contribution in [0.1, 0.15) is 37.2 Å². The average molecular weight is 308 g/mol. The Bertz CT molecular complexity index is 519. The summed E-state index contributed by atoms with van der Waals surface area (Å²) in [5.41, 5.74) is 2.40. The molecule has 18 heavy (non-hydrogen) atoms. The van der Waals surface area contributed by atoms with Crippen molar-refractivity contribution in [3.05, 3.63) is 52.3 Å². The second kappa shape index (κ2) is 5.67. The van der Waals surface area contributed by atoms with Crippen LogP contribution in [0.2, 0.25) is 0 Å². The fourth-order valence-corrected chi connectivity index (χ4v) is 2.67. The summed E-state index contributed by atoms with van der Waals surface area (Å²) in [6, 6.07) is 10.8. The van der Waals surface area contributed by atoms with E-state index in [1.807, 2.05) is 19.3 Å². The van der Waals surface area contributed by atoms with E-state index in [4.69, 9.17) is 0 Å². The molecule has 0 saturated carbocycles. The van der Waals surface area contributed by atoms with Crippen molar-refractivity contribution in [3.63, 3.8) is 0 Å². The molecule has 1 unspecified atom stereocenters. The molecule has 1 heterocycles. The predicted octanol–water partition coefficient (Wildman–Crippen LogP) is 3.54. The lowest BCUT2D eigenvalue weighted by Gasteiger charge is -2.21. The highest BCUT2D eigenvalue weighted by molar-refractivity contribution is 9.10. The molecule has 0 aliphatic heterocycles. The molecule has 96 valence electrons. The van der Waals surface area contributed by atoms with Crippen LogP contribution < -0.4 is 5.32 Å². The Labute approximate surface area is 116 Å². The molecule has 1 atom stereocenters. The van der Waals surface area contributed by atoms with Crippen molar-refractivity contribution in [2.24, 2.45) is 0 Å². The number of halogens is 1. The first-order chi connectivity index (χ1) is 8.65. The van der Waals surface area contributed by atoms with Gasteiger partial charge in [0.15, 0.2) is 0 Å². The van der Waals surface area contributed by atoms with Gasteiger partial charge in [-0.15, -0.1) is 0 Å². The molecule has 1 aromatic heterocycles. The average Bonchev–Trinajstić information content (AvgIpc) is 2.82. The van der Waals surface area contributed by atoms with Crippen LogP contribution in [0.25, 0.3) is 0 Å². The smallest absolute Gasteiger partial charge is 0.0756 e. The minimum atomic E-state index is 0.144. The molecule has 0 bridgehead atoms. The van der Waals surface area contributed by atoms with Gasteiger partial charge in [-0.2, -0.15) is 5.10 Å². The van der Waals surface area contributed by atoms with E-state index in [1.54, 1.807) is 0 Å². The quantitative estimate of drug-likeness (QED) is 0.936. The van der Waals surface area contributed by atoms with Crippen LogP contribution in [0.4, 0.5) is 0 Å². The number of hydrogen-bond donors (Lipinski definition) is 1. The second-order valence-electron chi connectivity index (χ2n) is 4.54. The van der Waals surface area contributed by atoms with Crippen molar-refractivity contribution >= 4 is 15.9 Å². The maximum absolute atomic E-state index is 4.40. The van der Waals surface area contributed by atoms with Gasteiger partial charge >= 0.3 is 0 Å². The minimum absolute atomic E-state index is 0.144. The van der Waals surface area contributed by atoms with Crippen molar-refractivity contribution in [3.8, 4) is 0 Å². The zero-order valence-corrected chi connectivity index (χ0v) is 12.5. The molecule has 3 nitrogen and oxygen atoms in total. The summed E-state index contributed by atoms with van der Waals surface area (Å²) in [6.45, 7) is 4.28. The van der Waals surface area contributed by atoms with E-state index in [-0.39, 0.29) is 6.04 Å². The Balaban J connectivity index is 2.46. The first-order valence-corrected chi connectivity index (χ1v) is 6.89. The van der Waals surface area contributed by atoms with Gasteiger partial charge < -0.3 is 5.32 Å².